The van der Waals surface area contributed by atoms with Gasteiger partial charge >= 0.3 is 6.18 Å². The minimum atomic E-state index is -4.39. The first-order valence-corrected chi connectivity index (χ1v) is 8.53. The monoisotopic (exact) mass is 357 g/mol. The number of rotatable bonds is 3. The van der Waals surface area contributed by atoms with Crippen molar-refractivity contribution in [1.29, 1.82) is 0 Å². The van der Waals surface area contributed by atoms with Crippen LogP contribution < -0.4 is 10.5 Å². The summed E-state index contributed by atoms with van der Waals surface area (Å²) in [6.45, 7) is -0.393. The number of carbonyl (C=O) groups excluding carboxylic acids is 1. The second kappa shape index (κ2) is 7.19. The highest BCUT2D eigenvalue weighted by molar-refractivity contribution is 5.79. The van der Waals surface area contributed by atoms with Crippen molar-refractivity contribution in [3.05, 3.63) is 23.5 Å². The van der Waals surface area contributed by atoms with Gasteiger partial charge in [0.25, 0.3) is 0 Å². The quantitative estimate of drug-likeness (QED) is 0.902. The van der Waals surface area contributed by atoms with Crippen LogP contribution in [0.15, 0.2) is 12.3 Å². The zero-order valence-corrected chi connectivity index (χ0v) is 13.9. The van der Waals surface area contributed by atoms with Crippen molar-refractivity contribution in [3.8, 4) is 5.75 Å². The molecule has 138 valence electrons. The second-order valence-electron chi connectivity index (χ2n) is 6.80. The SMILES string of the molecule is NC1CCC(C(=O)N2CCc3ncc(OCC(F)(F)F)cc3C2)CC1. The van der Waals surface area contributed by atoms with Gasteiger partial charge in [0.15, 0.2) is 6.61 Å². The molecule has 1 aromatic rings. The van der Waals surface area contributed by atoms with Crippen molar-refractivity contribution in [2.45, 2.75) is 50.9 Å². The van der Waals surface area contributed by atoms with Crippen LogP contribution in [0.25, 0.3) is 0 Å². The molecule has 0 unspecified atom stereocenters. The highest BCUT2D eigenvalue weighted by Gasteiger charge is 2.31. The number of amides is 1. The molecule has 0 spiro atoms. The van der Waals surface area contributed by atoms with Crippen LogP contribution in [0.5, 0.6) is 5.75 Å². The molecule has 1 amide bonds. The van der Waals surface area contributed by atoms with Crippen molar-refractivity contribution < 1.29 is 22.7 Å². The molecule has 2 heterocycles. The summed E-state index contributed by atoms with van der Waals surface area (Å²) >= 11 is 0. The van der Waals surface area contributed by atoms with Crippen LogP contribution >= 0.6 is 0 Å². The number of nitrogens with zero attached hydrogens (tertiary/aromatic N) is 2. The predicted octanol–water partition coefficient (Wildman–Crippen LogP) is 2.42. The maximum atomic E-state index is 12.7. The Bertz CT molecular complexity index is 628. The van der Waals surface area contributed by atoms with E-state index >= 15 is 0 Å². The highest BCUT2D eigenvalue weighted by atomic mass is 19.4. The molecule has 0 bridgehead atoms. The van der Waals surface area contributed by atoms with Crippen LogP contribution in [0.3, 0.4) is 0 Å². The molecule has 1 fully saturated rings. The van der Waals surface area contributed by atoms with Crippen LogP contribution in [0.1, 0.15) is 36.9 Å². The van der Waals surface area contributed by atoms with Gasteiger partial charge in [-0.25, -0.2) is 0 Å². The van der Waals surface area contributed by atoms with Crippen molar-refractivity contribution in [1.82, 2.24) is 9.88 Å². The zero-order valence-electron chi connectivity index (χ0n) is 13.9. The standard InChI is InChI=1S/C17H22F3N3O2/c18-17(19,20)10-25-14-7-12-9-23(6-5-15(12)22-8-14)16(24)11-1-3-13(21)4-2-11/h7-8,11,13H,1-6,9-10,21H2. The van der Waals surface area contributed by atoms with E-state index in [2.05, 4.69) is 4.98 Å². The molecule has 1 aliphatic carbocycles. The molecule has 1 aliphatic heterocycles. The van der Waals surface area contributed by atoms with E-state index in [1.165, 1.54) is 6.20 Å². The van der Waals surface area contributed by atoms with Gasteiger partial charge in [-0.05, 0) is 37.3 Å². The van der Waals surface area contributed by atoms with E-state index in [-0.39, 0.29) is 23.6 Å². The summed E-state index contributed by atoms with van der Waals surface area (Å²) in [5.41, 5.74) is 7.46. The summed E-state index contributed by atoms with van der Waals surface area (Å²) in [4.78, 5) is 18.7. The zero-order chi connectivity index (χ0) is 18.0. The van der Waals surface area contributed by atoms with E-state index in [1.54, 1.807) is 11.0 Å². The first kappa shape index (κ1) is 18.0. The average Bonchev–Trinajstić information content (AvgIpc) is 2.58. The Morgan fingerprint density at radius 3 is 2.72 bits per heavy atom. The number of alkyl halides is 3. The molecular weight excluding hydrogens is 335 g/mol. The number of carbonyl (C=O) groups is 1. The van der Waals surface area contributed by atoms with Gasteiger partial charge < -0.3 is 15.4 Å². The molecule has 1 aromatic heterocycles. The third kappa shape index (κ3) is 4.62. The lowest BCUT2D eigenvalue weighted by Gasteiger charge is -2.33. The lowest BCUT2D eigenvalue weighted by Crippen LogP contribution is -2.42. The minimum Gasteiger partial charge on any atom is -0.482 e. The summed E-state index contributed by atoms with van der Waals surface area (Å²) in [6, 6.07) is 1.74. The number of nitrogens with two attached hydrogens (primary N) is 1. The van der Waals surface area contributed by atoms with Gasteiger partial charge in [-0.2, -0.15) is 13.2 Å². The summed E-state index contributed by atoms with van der Waals surface area (Å²) < 4.78 is 41.6. The summed E-state index contributed by atoms with van der Waals surface area (Å²) in [5, 5.41) is 0. The Morgan fingerprint density at radius 2 is 2.04 bits per heavy atom. The molecular formula is C17H22F3N3O2. The largest absolute Gasteiger partial charge is 0.482 e. The molecule has 8 heteroatoms. The fraction of sp³-hybridized carbons (Fsp3) is 0.647. The Balaban J connectivity index is 1.64. The van der Waals surface area contributed by atoms with Gasteiger partial charge in [0.2, 0.25) is 5.91 Å². The van der Waals surface area contributed by atoms with E-state index in [0.717, 1.165) is 36.9 Å². The van der Waals surface area contributed by atoms with E-state index < -0.39 is 12.8 Å². The molecule has 0 saturated heterocycles. The number of ether oxygens (including phenoxy) is 1. The Labute approximate surface area is 144 Å². The molecule has 0 atom stereocenters. The van der Waals surface area contributed by atoms with E-state index in [1.807, 2.05) is 0 Å². The molecule has 25 heavy (non-hydrogen) atoms. The maximum Gasteiger partial charge on any atom is 0.422 e. The fourth-order valence-corrected chi connectivity index (χ4v) is 3.46. The van der Waals surface area contributed by atoms with Gasteiger partial charge in [-0.15, -0.1) is 0 Å². The molecule has 0 aromatic carbocycles. The Kier molecular flexibility index (Phi) is 5.17. The van der Waals surface area contributed by atoms with E-state index in [4.69, 9.17) is 10.5 Å². The van der Waals surface area contributed by atoms with Crippen molar-refractivity contribution in [2.24, 2.45) is 11.7 Å². The third-order valence-corrected chi connectivity index (χ3v) is 4.85. The molecule has 0 radical (unpaired) electrons. The number of pyridine rings is 1. The molecule has 2 aliphatic rings. The van der Waals surface area contributed by atoms with Crippen LogP contribution in [0.4, 0.5) is 13.2 Å². The van der Waals surface area contributed by atoms with E-state index in [9.17, 15) is 18.0 Å². The van der Waals surface area contributed by atoms with Crippen molar-refractivity contribution >= 4 is 5.91 Å². The number of aromatic nitrogens is 1. The van der Waals surface area contributed by atoms with Crippen LogP contribution in [0.2, 0.25) is 0 Å². The van der Waals surface area contributed by atoms with Gasteiger partial charge in [0.05, 0.1) is 6.20 Å². The topological polar surface area (TPSA) is 68.5 Å². The number of halogens is 3. The minimum absolute atomic E-state index is 0.000953. The second-order valence-corrected chi connectivity index (χ2v) is 6.80. The van der Waals surface area contributed by atoms with Gasteiger partial charge in [-0.3, -0.25) is 9.78 Å². The maximum absolute atomic E-state index is 12.7. The third-order valence-electron chi connectivity index (χ3n) is 4.85. The molecule has 1 saturated carbocycles. The van der Waals surface area contributed by atoms with Crippen LogP contribution in [0, 0.1) is 5.92 Å². The van der Waals surface area contributed by atoms with Gasteiger partial charge in [0, 0.05) is 37.2 Å². The van der Waals surface area contributed by atoms with Crippen molar-refractivity contribution in [3.63, 3.8) is 0 Å². The first-order valence-electron chi connectivity index (χ1n) is 8.53. The summed E-state index contributed by atoms with van der Waals surface area (Å²) in [5.74, 6) is 0.187. The number of hydrogen-bond donors (Lipinski definition) is 1. The van der Waals surface area contributed by atoms with Crippen LogP contribution in [-0.4, -0.2) is 41.2 Å². The van der Waals surface area contributed by atoms with Crippen LogP contribution in [-0.2, 0) is 17.8 Å². The fourth-order valence-electron chi connectivity index (χ4n) is 3.46. The lowest BCUT2D eigenvalue weighted by atomic mass is 9.85. The molecule has 3 rings (SSSR count). The smallest absolute Gasteiger partial charge is 0.422 e. The van der Waals surface area contributed by atoms with Gasteiger partial charge in [0.1, 0.15) is 5.75 Å². The lowest BCUT2D eigenvalue weighted by molar-refractivity contribution is -0.153. The predicted molar refractivity (Wildman–Crippen MR) is 84.8 cm³/mol. The number of hydrogen-bond acceptors (Lipinski definition) is 4. The first-order chi connectivity index (χ1) is 11.8. The average molecular weight is 357 g/mol. The Morgan fingerprint density at radius 1 is 1.32 bits per heavy atom. The molecule has 2 N–H and O–H groups in total. The van der Waals surface area contributed by atoms with Crippen molar-refractivity contribution in [2.75, 3.05) is 13.2 Å². The van der Waals surface area contributed by atoms with E-state index in [0.29, 0.717) is 19.5 Å². The summed E-state index contributed by atoms with van der Waals surface area (Å²) in [7, 11) is 0. The number of fused-ring (bicyclic) bond motifs is 1. The van der Waals surface area contributed by atoms with Gasteiger partial charge in [-0.1, -0.05) is 0 Å². The highest BCUT2D eigenvalue weighted by Crippen LogP contribution is 2.28. The molecule has 5 nitrogen and oxygen atoms in total. The normalized spacial score (nSPS) is 23.9. The summed E-state index contributed by atoms with van der Waals surface area (Å²) in [6.07, 6.45) is 0.847. The Hall–Kier alpha value is -1.83.